The summed E-state index contributed by atoms with van der Waals surface area (Å²) in [4.78, 5) is 11.3. The van der Waals surface area contributed by atoms with Crippen LogP contribution in [0.4, 0.5) is 4.39 Å². The zero-order valence-corrected chi connectivity index (χ0v) is 9.99. The van der Waals surface area contributed by atoms with Gasteiger partial charge in [-0.1, -0.05) is 15.9 Å². The molecule has 7 heteroatoms. The minimum Gasteiger partial charge on any atom is -0.462 e. The third-order valence-electron chi connectivity index (χ3n) is 1.84. The first-order valence-electron chi connectivity index (χ1n) is 4.49. The Balaban J connectivity index is 3.24. The molecule has 0 saturated heterocycles. The highest BCUT2D eigenvalue weighted by Crippen LogP contribution is 2.15. The van der Waals surface area contributed by atoms with E-state index >= 15 is 0 Å². The third-order valence-corrected chi connectivity index (χ3v) is 2.30. The van der Waals surface area contributed by atoms with Gasteiger partial charge in [0.25, 0.3) is 0 Å². The van der Waals surface area contributed by atoms with Crippen LogP contribution in [0.5, 0.6) is 0 Å². The van der Waals surface area contributed by atoms with Crippen LogP contribution in [-0.4, -0.2) is 29.7 Å². The minimum atomic E-state index is -1.98. The average molecular weight is 291 g/mol. The Bertz CT molecular complexity index is 411. The van der Waals surface area contributed by atoms with E-state index in [9.17, 15) is 9.18 Å². The van der Waals surface area contributed by atoms with E-state index in [1.54, 1.807) is 6.92 Å². The zero-order chi connectivity index (χ0) is 12.3. The molecule has 0 saturated carbocycles. The van der Waals surface area contributed by atoms with Crippen molar-refractivity contribution in [2.45, 2.75) is 6.92 Å². The lowest BCUT2D eigenvalue weighted by molar-refractivity contribution is 0.0521. The van der Waals surface area contributed by atoms with Gasteiger partial charge in [0, 0.05) is 9.94 Å². The molecule has 0 spiro atoms. The van der Waals surface area contributed by atoms with Crippen molar-refractivity contribution in [3.8, 4) is 0 Å². The number of benzene rings is 1. The molecule has 0 radical (unpaired) electrons. The van der Waals surface area contributed by atoms with Gasteiger partial charge in [0.05, 0.1) is 12.2 Å². The van der Waals surface area contributed by atoms with E-state index in [0.717, 1.165) is 0 Å². The number of hydrogen-bond donors (Lipinski definition) is 2. The standard InChI is InChI=1S/C9H9BBrFO4/c1-2-16-9(13)6-3-5(11)4-7(8(6)12)10(14)15/h3-4,14-15H,2H2,1H3. The van der Waals surface area contributed by atoms with Crippen LogP contribution in [0.3, 0.4) is 0 Å². The van der Waals surface area contributed by atoms with E-state index in [4.69, 9.17) is 10.0 Å². The van der Waals surface area contributed by atoms with Gasteiger partial charge in [-0.2, -0.15) is 0 Å². The Morgan fingerprint density at radius 3 is 2.69 bits per heavy atom. The topological polar surface area (TPSA) is 66.8 Å². The van der Waals surface area contributed by atoms with Crippen molar-refractivity contribution in [2.24, 2.45) is 0 Å². The molecule has 0 unspecified atom stereocenters. The Kier molecular flexibility index (Phi) is 4.46. The van der Waals surface area contributed by atoms with Crippen molar-refractivity contribution >= 4 is 34.5 Å². The molecule has 1 aromatic rings. The fourth-order valence-corrected chi connectivity index (χ4v) is 1.63. The van der Waals surface area contributed by atoms with Crippen LogP contribution >= 0.6 is 15.9 Å². The fourth-order valence-electron chi connectivity index (χ4n) is 1.16. The van der Waals surface area contributed by atoms with E-state index in [2.05, 4.69) is 20.7 Å². The molecule has 86 valence electrons. The van der Waals surface area contributed by atoms with Crippen LogP contribution < -0.4 is 5.46 Å². The lowest BCUT2D eigenvalue weighted by atomic mass is 9.79. The van der Waals surface area contributed by atoms with Gasteiger partial charge < -0.3 is 14.8 Å². The summed E-state index contributed by atoms with van der Waals surface area (Å²) in [6.45, 7) is 1.71. The second kappa shape index (κ2) is 5.42. The molecular weight excluding hydrogens is 282 g/mol. The van der Waals surface area contributed by atoms with Crippen molar-refractivity contribution in [3.05, 3.63) is 28.0 Å². The van der Waals surface area contributed by atoms with Gasteiger partial charge >= 0.3 is 13.1 Å². The summed E-state index contributed by atoms with van der Waals surface area (Å²) in [6, 6.07) is 2.40. The van der Waals surface area contributed by atoms with Crippen molar-refractivity contribution in [1.29, 1.82) is 0 Å². The second-order valence-electron chi connectivity index (χ2n) is 2.95. The van der Waals surface area contributed by atoms with Gasteiger partial charge in [0.1, 0.15) is 5.82 Å². The first-order valence-corrected chi connectivity index (χ1v) is 5.28. The molecule has 1 aromatic carbocycles. The van der Waals surface area contributed by atoms with Crippen LogP contribution in [0.15, 0.2) is 16.6 Å². The highest BCUT2D eigenvalue weighted by Gasteiger charge is 2.23. The molecule has 1 rings (SSSR count). The highest BCUT2D eigenvalue weighted by molar-refractivity contribution is 9.10. The maximum Gasteiger partial charge on any atom is 0.491 e. The van der Waals surface area contributed by atoms with E-state index in [-0.39, 0.29) is 17.6 Å². The summed E-state index contributed by atoms with van der Waals surface area (Å²) < 4.78 is 18.6. The number of halogens is 2. The Hall–Kier alpha value is -0.915. The molecule has 0 fully saturated rings. The van der Waals surface area contributed by atoms with Gasteiger partial charge in [-0.25, -0.2) is 9.18 Å². The van der Waals surface area contributed by atoms with Gasteiger partial charge in [0.15, 0.2) is 0 Å². The number of esters is 1. The van der Waals surface area contributed by atoms with Crippen LogP contribution in [0, 0.1) is 5.82 Å². The Morgan fingerprint density at radius 1 is 1.56 bits per heavy atom. The number of hydrogen-bond acceptors (Lipinski definition) is 4. The predicted molar refractivity (Wildman–Crippen MR) is 59.9 cm³/mol. The van der Waals surface area contributed by atoms with Crippen LogP contribution in [0.1, 0.15) is 17.3 Å². The Morgan fingerprint density at radius 2 is 2.19 bits per heavy atom. The molecule has 0 bridgehead atoms. The summed E-state index contributed by atoms with van der Waals surface area (Å²) in [5, 5.41) is 17.8. The molecule has 0 amide bonds. The summed E-state index contributed by atoms with van der Waals surface area (Å²) >= 11 is 3.04. The van der Waals surface area contributed by atoms with Gasteiger partial charge in [0.2, 0.25) is 0 Å². The van der Waals surface area contributed by atoms with Crippen LogP contribution in [0.2, 0.25) is 0 Å². The van der Waals surface area contributed by atoms with Gasteiger partial charge in [-0.05, 0) is 19.1 Å². The van der Waals surface area contributed by atoms with E-state index < -0.39 is 18.9 Å². The van der Waals surface area contributed by atoms with E-state index in [0.29, 0.717) is 4.47 Å². The van der Waals surface area contributed by atoms with Gasteiger partial charge in [-0.15, -0.1) is 0 Å². The largest absolute Gasteiger partial charge is 0.491 e. The molecule has 0 aliphatic heterocycles. The zero-order valence-electron chi connectivity index (χ0n) is 8.41. The SMILES string of the molecule is CCOC(=O)c1cc(Br)cc(B(O)O)c1F. The second-order valence-corrected chi connectivity index (χ2v) is 3.87. The van der Waals surface area contributed by atoms with Crippen LogP contribution in [0.25, 0.3) is 0 Å². The number of ether oxygens (including phenoxy) is 1. The Labute approximate surface area is 100 Å². The molecule has 2 N–H and O–H groups in total. The molecule has 4 nitrogen and oxygen atoms in total. The van der Waals surface area contributed by atoms with E-state index in [1.165, 1.54) is 12.1 Å². The predicted octanol–water partition coefficient (Wildman–Crippen LogP) is 0.445. The van der Waals surface area contributed by atoms with Gasteiger partial charge in [-0.3, -0.25) is 0 Å². The van der Waals surface area contributed by atoms with Crippen molar-refractivity contribution in [1.82, 2.24) is 0 Å². The molecule has 16 heavy (non-hydrogen) atoms. The van der Waals surface area contributed by atoms with Crippen molar-refractivity contribution in [2.75, 3.05) is 6.61 Å². The lowest BCUT2D eigenvalue weighted by Gasteiger charge is -2.08. The van der Waals surface area contributed by atoms with Crippen molar-refractivity contribution in [3.63, 3.8) is 0 Å². The molecule has 0 aromatic heterocycles. The molecule has 0 aliphatic rings. The summed E-state index contributed by atoms with van der Waals surface area (Å²) in [7, 11) is -1.98. The number of rotatable bonds is 3. The fraction of sp³-hybridized carbons (Fsp3) is 0.222. The summed E-state index contributed by atoms with van der Waals surface area (Å²) in [5.74, 6) is -1.83. The lowest BCUT2D eigenvalue weighted by Crippen LogP contribution is -2.34. The highest BCUT2D eigenvalue weighted by atomic mass is 79.9. The summed E-state index contributed by atoms with van der Waals surface area (Å²) in [6.07, 6.45) is 0. The maximum absolute atomic E-state index is 13.6. The average Bonchev–Trinajstić information content (AvgIpc) is 2.20. The molecule has 0 heterocycles. The van der Waals surface area contributed by atoms with Crippen LogP contribution in [-0.2, 0) is 4.74 Å². The maximum atomic E-state index is 13.6. The first-order chi connectivity index (χ1) is 7.47. The quantitative estimate of drug-likeness (QED) is 0.626. The molecule has 0 aliphatic carbocycles. The summed E-state index contributed by atoms with van der Waals surface area (Å²) in [5.41, 5.74) is -0.711. The number of carbonyl (C=O) groups excluding carboxylic acids is 1. The normalized spacial score (nSPS) is 10.1. The monoisotopic (exact) mass is 290 g/mol. The minimum absolute atomic E-state index is 0.113. The third kappa shape index (κ3) is 2.81. The number of carbonyl (C=O) groups is 1. The smallest absolute Gasteiger partial charge is 0.462 e. The van der Waals surface area contributed by atoms with E-state index in [1.807, 2.05) is 0 Å². The first kappa shape index (κ1) is 13.2. The van der Waals surface area contributed by atoms with Crippen molar-refractivity contribution < 1.29 is 24.0 Å². The molecular formula is C9H9BBrFO4. The molecule has 0 atom stereocenters.